The van der Waals surface area contributed by atoms with Gasteiger partial charge in [0.1, 0.15) is 6.29 Å². The molecule has 0 aliphatic carbocycles. The number of nitrogens with zero attached hydrogens (tertiary/aromatic N) is 3. The summed E-state index contributed by atoms with van der Waals surface area (Å²) in [6.45, 7) is 3.74. The monoisotopic (exact) mass is 600 g/mol. The number of benzene rings is 3. The first-order chi connectivity index (χ1) is 19.4. The van der Waals surface area contributed by atoms with E-state index in [2.05, 4.69) is 46.0 Å². The zero-order chi connectivity index (χ0) is 28.5. The molecule has 1 aliphatic rings. The van der Waals surface area contributed by atoms with E-state index in [1.165, 1.54) is 0 Å². The quantitative estimate of drug-likeness (QED) is 0.205. The number of likely N-dealkylation sites (N-methyl/N-ethyl adjacent to an activating group) is 1. The Labute approximate surface area is 250 Å². The molecule has 212 valence electrons. The zero-order valence-electron chi connectivity index (χ0n) is 22.7. The molecule has 3 aromatic carbocycles. The second-order valence-corrected chi connectivity index (χ2v) is 11.0. The van der Waals surface area contributed by atoms with Crippen molar-refractivity contribution in [1.29, 1.82) is 0 Å². The first kappa shape index (κ1) is 30.2. The van der Waals surface area contributed by atoms with Crippen LogP contribution in [0.3, 0.4) is 0 Å². The number of anilines is 2. The zero-order valence-corrected chi connectivity index (χ0v) is 25.0. The molecule has 7 nitrogen and oxygen atoms in total. The van der Waals surface area contributed by atoms with Crippen LogP contribution in [0.4, 0.5) is 11.4 Å². The maximum atomic E-state index is 13.7. The average molecular weight is 602 g/mol. The predicted octanol–water partition coefficient (Wildman–Crippen LogP) is 5.89. The number of ether oxygens (including phenoxy) is 1. The van der Waals surface area contributed by atoms with Crippen LogP contribution in [-0.2, 0) is 14.3 Å². The van der Waals surface area contributed by atoms with Gasteiger partial charge < -0.3 is 24.1 Å². The lowest BCUT2D eigenvalue weighted by Crippen LogP contribution is -2.46. The van der Waals surface area contributed by atoms with Crippen LogP contribution in [-0.4, -0.2) is 81.2 Å². The normalized spacial score (nSPS) is 14.4. The van der Waals surface area contributed by atoms with E-state index in [9.17, 15) is 9.59 Å². The number of carbonyl (C=O) groups is 2. The summed E-state index contributed by atoms with van der Waals surface area (Å²) in [5.74, 6) is -0.105. The lowest BCUT2D eigenvalue weighted by atomic mass is 9.99. The third kappa shape index (κ3) is 7.92. The van der Waals surface area contributed by atoms with Gasteiger partial charge in [0.05, 0.1) is 42.4 Å². The van der Waals surface area contributed by atoms with Crippen molar-refractivity contribution >= 4 is 58.7 Å². The van der Waals surface area contributed by atoms with Crippen molar-refractivity contribution in [2.24, 2.45) is 0 Å². The Kier molecular flexibility index (Phi) is 11.1. The number of hydrogen-bond acceptors (Lipinski definition) is 7. The third-order valence-electron chi connectivity index (χ3n) is 7.00. The standard InChI is InChI=1S/C30H34Cl2N4O3S/c1-34(30(38)21-36(12-15-37)26-10-11-27(31)28(32)19-26)29(20-35-13-16-39-17-14-35)23-8-6-22(7-9-23)24-4-3-5-25(18-24)33-40-2/h3-11,15,18-19,29,33H,12-14,16-17,20-21H2,1-2H3. The molecule has 0 bridgehead atoms. The van der Waals surface area contributed by atoms with E-state index in [1.807, 2.05) is 25.4 Å². The van der Waals surface area contributed by atoms with Crippen molar-refractivity contribution < 1.29 is 14.3 Å². The molecule has 3 aromatic rings. The van der Waals surface area contributed by atoms with Crippen LogP contribution >= 0.6 is 35.1 Å². The SMILES string of the molecule is CSNc1cccc(-c2ccc(C(CN3CCOCC3)N(C)C(=O)CN(CC=O)c3ccc(Cl)c(Cl)c3)cc2)c1. The van der Waals surface area contributed by atoms with Gasteiger partial charge in [0.2, 0.25) is 5.91 Å². The highest BCUT2D eigenvalue weighted by Gasteiger charge is 2.27. The van der Waals surface area contributed by atoms with Crippen LogP contribution in [0, 0.1) is 0 Å². The Hall–Kier alpha value is -2.75. The van der Waals surface area contributed by atoms with Crippen LogP contribution in [0.15, 0.2) is 66.7 Å². The second kappa shape index (κ2) is 14.8. The maximum Gasteiger partial charge on any atom is 0.242 e. The van der Waals surface area contributed by atoms with Gasteiger partial charge in [-0.1, -0.05) is 71.5 Å². The largest absolute Gasteiger partial charge is 0.379 e. The van der Waals surface area contributed by atoms with Crippen LogP contribution in [0.25, 0.3) is 11.1 Å². The fourth-order valence-electron chi connectivity index (χ4n) is 4.74. The van der Waals surface area contributed by atoms with E-state index in [1.54, 1.807) is 39.9 Å². The Bertz CT molecular complexity index is 1290. The minimum absolute atomic E-state index is 0.0279. The molecular formula is C30H34Cl2N4O3S. The first-order valence-electron chi connectivity index (χ1n) is 13.1. The van der Waals surface area contributed by atoms with Crippen molar-refractivity contribution in [1.82, 2.24) is 9.80 Å². The van der Waals surface area contributed by atoms with Gasteiger partial charge in [0, 0.05) is 44.3 Å². The number of hydrogen-bond donors (Lipinski definition) is 1. The number of nitrogens with one attached hydrogen (secondary N) is 1. The summed E-state index contributed by atoms with van der Waals surface area (Å²) in [6, 6.07) is 21.6. The van der Waals surface area contributed by atoms with Gasteiger partial charge in [-0.2, -0.15) is 0 Å². The molecule has 1 fully saturated rings. The molecule has 0 radical (unpaired) electrons. The maximum absolute atomic E-state index is 13.7. The van der Waals surface area contributed by atoms with Gasteiger partial charge in [-0.05, 0) is 47.0 Å². The molecule has 40 heavy (non-hydrogen) atoms. The Morgan fingerprint density at radius 2 is 1.80 bits per heavy atom. The molecule has 0 aromatic heterocycles. The highest BCUT2D eigenvalue weighted by Crippen LogP contribution is 2.29. The fourth-order valence-corrected chi connectivity index (χ4v) is 5.39. The van der Waals surface area contributed by atoms with E-state index in [0.29, 0.717) is 35.5 Å². The first-order valence-corrected chi connectivity index (χ1v) is 15.1. The van der Waals surface area contributed by atoms with E-state index < -0.39 is 0 Å². The summed E-state index contributed by atoms with van der Waals surface area (Å²) in [5, 5.41) is 0.789. The lowest BCUT2D eigenvalue weighted by molar-refractivity contribution is -0.131. The van der Waals surface area contributed by atoms with Crippen LogP contribution in [0.1, 0.15) is 11.6 Å². The van der Waals surface area contributed by atoms with Crippen LogP contribution < -0.4 is 9.62 Å². The summed E-state index contributed by atoms with van der Waals surface area (Å²) in [4.78, 5) is 30.9. The molecule has 1 N–H and O–H groups in total. The fraction of sp³-hybridized carbons (Fsp3) is 0.333. The molecule has 0 spiro atoms. The summed E-state index contributed by atoms with van der Waals surface area (Å²) in [7, 11) is 1.83. The smallest absolute Gasteiger partial charge is 0.242 e. The molecule has 1 aliphatic heterocycles. The summed E-state index contributed by atoms with van der Waals surface area (Å²) >= 11 is 13.9. The molecule has 1 atom stereocenters. The number of carbonyl (C=O) groups excluding carboxylic acids is 2. The molecule has 1 amide bonds. The number of halogens is 2. The average Bonchev–Trinajstić information content (AvgIpc) is 2.98. The number of morpholine rings is 1. The van der Waals surface area contributed by atoms with Crippen molar-refractivity contribution in [2.75, 3.05) is 68.9 Å². The second-order valence-electron chi connectivity index (χ2n) is 9.59. The van der Waals surface area contributed by atoms with Gasteiger partial charge in [-0.3, -0.25) is 9.69 Å². The van der Waals surface area contributed by atoms with E-state index in [4.69, 9.17) is 27.9 Å². The van der Waals surface area contributed by atoms with E-state index in [0.717, 1.165) is 41.8 Å². The van der Waals surface area contributed by atoms with Gasteiger partial charge in [0.15, 0.2) is 0 Å². The Morgan fingerprint density at radius 3 is 2.48 bits per heavy atom. The molecule has 1 heterocycles. The topological polar surface area (TPSA) is 65.1 Å². The summed E-state index contributed by atoms with van der Waals surface area (Å²) < 4.78 is 8.82. The third-order valence-corrected chi connectivity index (χ3v) is 8.18. The molecular weight excluding hydrogens is 567 g/mol. The molecule has 1 saturated heterocycles. The predicted molar refractivity (Wildman–Crippen MR) is 167 cm³/mol. The van der Waals surface area contributed by atoms with Gasteiger partial charge in [-0.25, -0.2) is 0 Å². The Morgan fingerprint density at radius 1 is 1.05 bits per heavy atom. The van der Waals surface area contributed by atoms with Crippen LogP contribution in [0.2, 0.25) is 10.0 Å². The number of amides is 1. The van der Waals surface area contributed by atoms with Gasteiger partial charge >= 0.3 is 0 Å². The van der Waals surface area contributed by atoms with Crippen molar-refractivity contribution in [3.05, 3.63) is 82.3 Å². The summed E-state index contributed by atoms with van der Waals surface area (Å²) in [6.07, 6.45) is 2.78. The Balaban J connectivity index is 1.57. The van der Waals surface area contributed by atoms with E-state index >= 15 is 0 Å². The molecule has 4 rings (SSSR count). The van der Waals surface area contributed by atoms with E-state index in [-0.39, 0.29) is 25.0 Å². The lowest BCUT2D eigenvalue weighted by Gasteiger charge is -2.36. The minimum Gasteiger partial charge on any atom is -0.379 e. The highest BCUT2D eigenvalue weighted by atomic mass is 35.5. The van der Waals surface area contributed by atoms with Crippen molar-refractivity contribution in [3.63, 3.8) is 0 Å². The number of rotatable bonds is 12. The van der Waals surface area contributed by atoms with Gasteiger partial charge in [-0.15, -0.1) is 0 Å². The minimum atomic E-state index is -0.184. The summed E-state index contributed by atoms with van der Waals surface area (Å²) in [5.41, 5.74) is 4.97. The van der Waals surface area contributed by atoms with Crippen molar-refractivity contribution in [3.8, 4) is 11.1 Å². The van der Waals surface area contributed by atoms with Crippen molar-refractivity contribution in [2.45, 2.75) is 6.04 Å². The molecule has 10 heteroatoms. The van der Waals surface area contributed by atoms with Gasteiger partial charge in [0.25, 0.3) is 0 Å². The van der Waals surface area contributed by atoms with Crippen LogP contribution in [0.5, 0.6) is 0 Å². The molecule has 0 saturated carbocycles. The molecule has 1 unspecified atom stereocenters. The highest BCUT2D eigenvalue weighted by molar-refractivity contribution is 7.99. The number of aldehydes is 1.